The molecule has 0 unspecified atom stereocenters. The van der Waals surface area contributed by atoms with Gasteiger partial charge in [-0.25, -0.2) is 4.79 Å². The summed E-state index contributed by atoms with van der Waals surface area (Å²) in [6.45, 7) is 2.75. The zero-order valence-corrected chi connectivity index (χ0v) is 11.8. The SMILES string of the molecule is O=C(NCCCO)Nc1cccc(N2CCCCC2)c1. The van der Waals surface area contributed by atoms with Gasteiger partial charge in [0.05, 0.1) is 0 Å². The smallest absolute Gasteiger partial charge is 0.319 e. The summed E-state index contributed by atoms with van der Waals surface area (Å²) < 4.78 is 0. The number of hydrogen-bond acceptors (Lipinski definition) is 3. The van der Waals surface area contributed by atoms with Crippen molar-refractivity contribution in [3.8, 4) is 0 Å². The molecule has 1 aliphatic heterocycles. The van der Waals surface area contributed by atoms with Gasteiger partial charge in [0.1, 0.15) is 0 Å². The van der Waals surface area contributed by atoms with Crippen LogP contribution in [0.15, 0.2) is 24.3 Å². The van der Waals surface area contributed by atoms with Crippen molar-refractivity contribution in [1.29, 1.82) is 0 Å². The summed E-state index contributed by atoms with van der Waals surface area (Å²) >= 11 is 0. The van der Waals surface area contributed by atoms with Crippen LogP contribution in [0.2, 0.25) is 0 Å². The van der Waals surface area contributed by atoms with E-state index < -0.39 is 0 Å². The van der Waals surface area contributed by atoms with Gasteiger partial charge in [0.15, 0.2) is 0 Å². The number of anilines is 2. The third kappa shape index (κ3) is 4.42. The molecule has 1 fully saturated rings. The number of benzene rings is 1. The van der Waals surface area contributed by atoms with E-state index in [4.69, 9.17) is 5.11 Å². The van der Waals surface area contributed by atoms with Crippen LogP contribution in [-0.2, 0) is 0 Å². The predicted octanol–water partition coefficient (Wildman–Crippen LogP) is 2.18. The van der Waals surface area contributed by atoms with E-state index in [2.05, 4.69) is 21.6 Å². The second-order valence-corrected chi connectivity index (χ2v) is 5.06. The van der Waals surface area contributed by atoms with E-state index in [1.807, 2.05) is 18.2 Å². The van der Waals surface area contributed by atoms with E-state index in [0.717, 1.165) is 24.5 Å². The number of piperidine rings is 1. The molecule has 1 aliphatic rings. The molecule has 2 rings (SSSR count). The Morgan fingerprint density at radius 1 is 1.25 bits per heavy atom. The summed E-state index contributed by atoms with van der Waals surface area (Å²) in [5, 5.41) is 14.2. The average molecular weight is 277 g/mol. The van der Waals surface area contributed by atoms with Crippen LogP contribution >= 0.6 is 0 Å². The fourth-order valence-electron chi connectivity index (χ4n) is 2.39. The number of nitrogens with zero attached hydrogens (tertiary/aromatic N) is 1. The first kappa shape index (κ1) is 14.7. The third-order valence-corrected chi connectivity index (χ3v) is 3.45. The first-order chi connectivity index (χ1) is 9.79. The first-order valence-electron chi connectivity index (χ1n) is 7.30. The summed E-state index contributed by atoms with van der Waals surface area (Å²) in [4.78, 5) is 14.0. The van der Waals surface area contributed by atoms with Gasteiger partial charge in [-0.15, -0.1) is 0 Å². The van der Waals surface area contributed by atoms with Crippen molar-refractivity contribution in [3.05, 3.63) is 24.3 Å². The number of amides is 2. The molecule has 0 aliphatic carbocycles. The van der Waals surface area contributed by atoms with Gasteiger partial charge in [0.25, 0.3) is 0 Å². The second kappa shape index (κ2) is 7.75. The van der Waals surface area contributed by atoms with Crippen LogP contribution in [0.1, 0.15) is 25.7 Å². The minimum Gasteiger partial charge on any atom is -0.396 e. The molecule has 5 nitrogen and oxygen atoms in total. The van der Waals surface area contributed by atoms with Gasteiger partial charge in [-0.1, -0.05) is 6.07 Å². The standard InChI is InChI=1S/C15H23N3O2/c19-11-5-8-16-15(20)17-13-6-4-7-14(12-13)18-9-2-1-3-10-18/h4,6-7,12,19H,1-3,5,8-11H2,(H2,16,17,20). The monoisotopic (exact) mass is 277 g/mol. The average Bonchev–Trinajstić information content (AvgIpc) is 2.49. The Morgan fingerprint density at radius 2 is 2.05 bits per heavy atom. The molecule has 3 N–H and O–H groups in total. The molecular weight excluding hydrogens is 254 g/mol. The highest BCUT2D eigenvalue weighted by Gasteiger charge is 2.11. The fraction of sp³-hybridized carbons (Fsp3) is 0.533. The van der Waals surface area contributed by atoms with Crippen LogP contribution in [-0.4, -0.2) is 37.4 Å². The molecule has 0 atom stereocenters. The molecule has 5 heteroatoms. The van der Waals surface area contributed by atoms with Gasteiger partial charge in [-0.3, -0.25) is 0 Å². The Balaban J connectivity index is 1.90. The third-order valence-electron chi connectivity index (χ3n) is 3.45. The van der Waals surface area contributed by atoms with Gasteiger partial charge in [0, 0.05) is 37.6 Å². The number of carbonyl (C=O) groups excluding carboxylic acids is 1. The molecule has 1 aromatic carbocycles. The molecule has 0 saturated carbocycles. The number of carbonyl (C=O) groups is 1. The van der Waals surface area contributed by atoms with Gasteiger partial charge < -0.3 is 20.6 Å². The number of aliphatic hydroxyl groups excluding tert-OH is 1. The van der Waals surface area contributed by atoms with Crippen molar-refractivity contribution >= 4 is 17.4 Å². The Bertz CT molecular complexity index is 431. The molecule has 0 aromatic heterocycles. The zero-order chi connectivity index (χ0) is 14.2. The Labute approximate surface area is 120 Å². The van der Waals surface area contributed by atoms with E-state index in [-0.39, 0.29) is 12.6 Å². The van der Waals surface area contributed by atoms with Crippen molar-refractivity contribution in [1.82, 2.24) is 5.32 Å². The van der Waals surface area contributed by atoms with E-state index in [9.17, 15) is 4.79 Å². The van der Waals surface area contributed by atoms with Crippen LogP contribution in [0, 0.1) is 0 Å². The molecular formula is C15H23N3O2. The van der Waals surface area contributed by atoms with Crippen LogP contribution in [0.4, 0.5) is 16.2 Å². The molecule has 0 bridgehead atoms. The highest BCUT2D eigenvalue weighted by Crippen LogP contribution is 2.22. The lowest BCUT2D eigenvalue weighted by Gasteiger charge is -2.29. The minimum atomic E-state index is -0.228. The van der Waals surface area contributed by atoms with Crippen LogP contribution in [0.5, 0.6) is 0 Å². The maximum Gasteiger partial charge on any atom is 0.319 e. The second-order valence-electron chi connectivity index (χ2n) is 5.06. The zero-order valence-electron chi connectivity index (χ0n) is 11.8. The Kier molecular flexibility index (Phi) is 5.68. The maximum atomic E-state index is 11.7. The number of aliphatic hydroxyl groups is 1. The molecule has 0 radical (unpaired) electrons. The van der Waals surface area contributed by atoms with Gasteiger partial charge >= 0.3 is 6.03 Å². The lowest BCUT2D eigenvalue weighted by atomic mass is 10.1. The summed E-state index contributed by atoms with van der Waals surface area (Å²) in [5.41, 5.74) is 1.97. The lowest BCUT2D eigenvalue weighted by Crippen LogP contribution is -2.31. The highest BCUT2D eigenvalue weighted by atomic mass is 16.3. The van der Waals surface area contributed by atoms with Crippen molar-refractivity contribution < 1.29 is 9.90 Å². The quantitative estimate of drug-likeness (QED) is 0.723. The van der Waals surface area contributed by atoms with Crippen molar-refractivity contribution in [2.45, 2.75) is 25.7 Å². The van der Waals surface area contributed by atoms with E-state index in [1.54, 1.807) is 0 Å². The summed E-state index contributed by atoms with van der Waals surface area (Å²) in [5.74, 6) is 0. The molecule has 1 saturated heterocycles. The first-order valence-corrected chi connectivity index (χ1v) is 7.30. The molecule has 1 heterocycles. The molecule has 1 aromatic rings. The normalized spacial score (nSPS) is 14.9. The van der Waals surface area contributed by atoms with Crippen LogP contribution < -0.4 is 15.5 Å². The van der Waals surface area contributed by atoms with Gasteiger partial charge in [-0.05, 0) is 43.9 Å². The van der Waals surface area contributed by atoms with Gasteiger partial charge in [-0.2, -0.15) is 0 Å². The molecule has 0 spiro atoms. The van der Waals surface area contributed by atoms with Crippen molar-refractivity contribution in [2.75, 3.05) is 36.5 Å². The summed E-state index contributed by atoms with van der Waals surface area (Å²) in [6, 6.07) is 7.72. The largest absolute Gasteiger partial charge is 0.396 e. The lowest BCUT2D eigenvalue weighted by molar-refractivity contribution is 0.249. The summed E-state index contributed by atoms with van der Waals surface area (Å²) in [6.07, 6.45) is 4.35. The van der Waals surface area contributed by atoms with E-state index in [1.165, 1.54) is 19.3 Å². The highest BCUT2D eigenvalue weighted by molar-refractivity contribution is 5.89. The number of nitrogens with one attached hydrogen (secondary N) is 2. The fourth-order valence-corrected chi connectivity index (χ4v) is 2.39. The van der Waals surface area contributed by atoms with Gasteiger partial charge in [0.2, 0.25) is 0 Å². The van der Waals surface area contributed by atoms with Crippen molar-refractivity contribution in [2.24, 2.45) is 0 Å². The topological polar surface area (TPSA) is 64.6 Å². The molecule has 20 heavy (non-hydrogen) atoms. The predicted molar refractivity (Wildman–Crippen MR) is 81.2 cm³/mol. The Morgan fingerprint density at radius 3 is 2.80 bits per heavy atom. The number of hydrogen-bond donors (Lipinski definition) is 3. The van der Waals surface area contributed by atoms with Crippen LogP contribution in [0.25, 0.3) is 0 Å². The summed E-state index contributed by atoms with van der Waals surface area (Å²) in [7, 11) is 0. The molecule has 110 valence electrons. The van der Waals surface area contributed by atoms with Crippen LogP contribution in [0.3, 0.4) is 0 Å². The molecule has 2 amide bonds. The minimum absolute atomic E-state index is 0.0880. The Hall–Kier alpha value is -1.75. The number of rotatable bonds is 5. The number of urea groups is 1. The van der Waals surface area contributed by atoms with E-state index >= 15 is 0 Å². The van der Waals surface area contributed by atoms with E-state index in [0.29, 0.717) is 13.0 Å². The maximum absolute atomic E-state index is 11.7. The van der Waals surface area contributed by atoms with Crippen molar-refractivity contribution in [3.63, 3.8) is 0 Å².